The molecule has 0 spiro atoms. The van der Waals surface area contributed by atoms with Gasteiger partial charge in [-0.05, 0) is 38.1 Å². The number of nitrogens with one attached hydrogen (secondary N) is 1. The molecule has 132 valence electrons. The van der Waals surface area contributed by atoms with Crippen molar-refractivity contribution in [1.29, 1.82) is 0 Å². The third kappa shape index (κ3) is 4.47. The highest BCUT2D eigenvalue weighted by atomic mass is 32.2. The van der Waals surface area contributed by atoms with Crippen molar-refractivity contribution < 1.29 is 27.5 Å². The highest BCUT2D eigenvalue weighted by Gasteiger charge is 2.24. The van der Waals surface area contributed by atoms with E-state index in [0.717, 1.165) is 0 Å². The van der Waals surface area contributed by atoms with Gasteiger partial charge in [-0.3, -0.25) is 0 Å². The van der Waals surface area contributed by atoms with Gasteiger partial charge in [0.1, 0.15) is 34.8 Å². The summed E-state index contributed by atoms with van der Waals surface area (Å²) >= 11 is 0. The molecule has 1 aromatic carbocycles. The van der Waals surface area contributed by atoms with Crippen LogP contribution in [0.5, 0.6) is 11.5 Å². The molecule has 0 radical (unpaired) electrons. The number of aliphatic hydroxyl groups excluding tert-OH is 1. The van der Waals surface area contributed by atoms with Crippen molar-refractivity contribution in [3.8, 4) is 11.5 Å². The fraction of sp³-hybridized carbons (Fsp3) is 0.400. The van der Waals surface area contributed by atoms with Crippen LogP contribution in [0.4, 0.5) is 0 Å². The maximum absolute atomic E-state index is 12.2. The second-order valence-electron chi connectivity index (χ2n) is 5.15. The third-order valence-electron chi connectivity index (χ3n) is 3.25. The van der Waals surface area contributed by atoms with E-state index in [2.05, 4.69) is 9.88 Å². The molecule has 2 rings (SSSR count). The molecular weight excluding hydrogens is 336 g/mol. The molecule has 1 aromatic heterocycles. The summed E-state index contributed by atoms with van der Waals surface area (Å²) < 4.78 is 42.0. The van der Waals surface area contributed by atoms with Crippen LogP contribution in [0.15, 0.2) is 33.7 Å². The summed E-state index contributed by atoms with van der Waals surface area (Å²) in [6, 6.07) is 6.84. The zero-order chi connectivity index (χ0) is 17.7. The van der Waals surface area contributed by atoms with Crippen LogP contribution in [-0.4, -0.2) is 45.0 Å². The van der Waals surface area contributed by atoms with Crippen molar-refractivity contribution in [2.24, 2.45) is 0 Å². The number of methoxy groups -OCH3 is 1. The lowest BCUT2D eigenvalue weighted by atomic mass is 10.3. The lowest BCUT2D eigenvalue weighted by Gasteiger charge is -2.13. The Hall–Kier alpha value is -2.10. The van der Waals surface area contributed by atoms with Crippen LogP contribution in [0.25, 0.3) is 0 Å². The fourth-order valence-electron chi connectivity index (χ4n) is 2.06. The first-order chi connectivity index (χ1) is 11.3. The standard InChI is InChI=1S/C15H20N2O6S/c1-10-15(11(2)23-17-10)24(19,20)16-8-12(18)9-22-14-6-4-13(21-3)5-7-14/h4-7,12,16,18H,8-9H2,1-3H3/t12-/m1/s1. The molecule has 0 aliphatic carbocycles. The van der Waals surface area contributed by atoms with Gasteiger partial charge >= 0.3 is 0 Å². The average Bonchev–Trinajstić information content (AvgIpc) is 2.91. The second kappa shape index (κ2) is 7.65. The SMILES string of the molecule is COc1ccc(OC[C@H](O)CNS(=O)(=O)c2c(C)noc2C)cc1. The van der Waals surface area contributed by atoms with Gasteiger partial charge < -0.3 is 19.1 Å². The minimum absolute atomic E-state index is 0.00854. The van der Waals surface area contributed by atoms with Crippen molar-refractivity contribution in [3.63, 3.8) is 0 Å². The molecule has 24 heavy (non-hydrogen) atoms. The maximum Gasteiger partial charge on any atom is 0.246 e. The van der Waals surface area contributed by atoms with Crippen LogP contribution < -0.4 is 14.2 Å². The van der Waals surface area contributed by atoms with Crippen molar-refractivity contribution >= 4 is 10.0 Å². The highest BCUT2D eigenvalue weighted by molar-refractivity contribution is 7.89. The van der Waals surface area contributed by atoms with Crippen LogP contribution in [-0.2, 0) is 10.0 Å². The molecule has 2 aromatic rings. The van der Waals surface area contributed by atoms with Crippen molar-refractivity contribution in [3.05, 3.63) is 35.7 Å². The number of ether oxygens (including phenoxy) is 2. The molecule has 1 heterocycles. The molecule has 0 amide bonds. The van der Waals surface area contributed by atoms with Gasteiger partial charge in [0.15, 0.2) is 5.76 Å². The first-order valence-corrected chi connectivity index (χ1v) is 8.69. The van der Waals surface area contributed by atoms with Gasteiger partial charge in [-0.25, -0.2) is 13.1 Å². The maximum atomic E-state index is 12.2. The van der Waals surface area contributed by atoms with E-state index in [1.165, 1.54) is 13.8 Å². The lowest BCUT2D eigenvalue weighted by molar-refractivity contribution is 0.111. The van der Waals surface area contributed by atoms with E-state index >= 15 is 0 Å². The molecule has 1 atom stereocenters. The molecule has 0 aliphatic heterocycles. The minimum atomic E-state index is -3.80. The monoisotopic (exact) mass is 356 g/mol. The Morgan fingerprint density at radius 2 is 1.88 bits per heavy atom. The average molecular weight is 356 g/mol. The zero-order valence-electron chi connectivity index (χ0n) is 13.6. The van der Waals surface area contributed by atoms with Gasteiger partial charge in [0.05, 0.1) is 7.11 Å². The Kier molecular flexibility index (Phi) is 5.81. The van der Waals surface area contributed by atoms with Crippen LogP contribution in [0.2, 0.25) is 0 Å². The molecule has 0 aliphatic rings. The first kappa shape index (κ1) is 18.2. The van der Waals surface area contributed by atoms with Gasteiger partial charge in [-0.1, -0.05) is 5.16 Å². The van der Waals surface area contributed by atoms with Crippen molar-refractivity contribution in [2.75, 3.05) is 20.3 Å². The Bertz CT molecular complexity index is 750. The van der Waals surface area contributed by atoms with E-state index in [4.69, 9.17) is 14.0 Å². The first-order valence-electron chi connectivity index (χ1n) is 7.21. The largest absolute Gasteiger partial charge is 0.497 e. The molecule has 0 saturated carbocycles. The number of rotatable bonds is 8. The minimum Gasteiger partial charge on any atom is -0.497 e. The molecule has 0 unspecified atom stereocenters. The number of aromatic nitrogens is 1. The van der Waals surface area contributed by atoms with E-state index in [1.807, 2.05) is 0 Å². The Morgan fingerprint density at radius 1 is 1.25 bits per heavy atom. The van der Waals surface area contributed by atoms with E-state index in [9.17, 15) is 13.5 Å². The number of nitrogens with zero attached hydrogens (tertiary/aromatic N) is 1. The van der Waals surface area contributed by atoms with Gasteiger partial charge in [0, 0.05) is 6.54 Å². The quantitative estimate of drug-likeness (QED) is 0.726. The smallest absolute Gasteiger partial charge is 0.246 e. The van der Waals surface area contributed by atoms with E-state index in [1.54, 1.807) is 31.4 Å². The van der Waals surface area contributed by atoms with Crippen LogP contribution >= 0.6 is 0 Å². The summed E-state index contributed by atoms with van der Waals surface area (Å²) in [6.07, 6.45) is -1.01. The Labute approximate surface area is 140 Å². The molecule has 2 N–H and O–H groups in total. The van der Waals surface area contributed by atoms with Crippen molar-refractivity contribution in [2.45, 2.75) is 24.8 Å². The number of benzene rings is 1. The summed E-state index contributed by atoms with van der Waals surface area (Å²) in [6.45, 7) is 2.80. The zero-order valence-corrected chi connectivity index (χ0v) is 14.5. The van der Waals surface area contributed by atoms with Crippen molar-refractivity contribution in [1.82, 2.24) is 9.88 Å². The number of aliphatic hydroxyl groups is 1. The molecule has 0 saturated heterocycles. The summed E-state index contributed by atoms with van der Waals surface area (Å²) in [4.78, 5) is -0.00854. The second-order valence-corrected chi connectivity index (χ2v) is 6.85. The van der Waals surface area contributed by atoms with Crippen LogP contribution in [0.3, 0.4) is 0 Å². The lowest BCUT2D eigenvalue weighted by Crippen LogP contribution is -2.35. The Morgan fingerprint density at radius 3 is 2.42 bits per heavy atom. The predicted octanol–water partition coefficient (Wildman–Crippen LogP) is 1.02. The van der Waals surface area contributed by atoms with Crippen LogP contribution in [0.1, 0.15) is 11.5 Å². The Balaban J connectivity index is 1.87. The van der Waals surface area contributed by atoms with Crippen LogP contribution in [0, 0.1) is 13.8 Å². The van der Waals surface area contributed by atoms with E-state index in [0.29, 0.717) is 11.5 Å². The van der Waals surface area contributed by atoms with E-state index < -0.39 is 16.1 Å². The number of hydrogen-bond donors (Lipinski definition) is 2. The van der Waals surface area contributed by atoms with Gasteiger partial charge in [-0.15, -0.1) is 0 Å². The fourth-order valence-corrected chi connectivity index (χ4v) is 3.46. The topological polar surface area (TPSA) is 111 Å². The molecular formula is C15H20N2O6S. The predicted molar refractivity (Wildman–Crippen MR) is 85.7 cm³/mol. The number of hydrogen-bond acceptors (Lipinski definition) is 7. The third-order valence-corrected chi connectivity index (χ3v) is 4.91. The number of aryl methyl sites for hydroxylation is 2. The van der Waals surface area contributed by atoms with Gasteiger partial charge in [-0.2, -0.15) is 0 Å². The summed E-state index contributed by atoms with van der Waals surface area (Å²) in [7, 11) is -2.24. The summed E-state index contributed by atoms with van der Waals surface area (Å²) in [5.41, 5.74) is 0.268. The summed E-state index contributed by atoms with van der Waals surface area (Å²) in [5.74, 6) is 1.43. The molecule has 0 fully saturated rings. The molecule has 9 heteroatoms. The molecule has 8 nitrogen and oxygen atoms in total. The summed E-state index contributed by atoms with van der Waals surface area (Å²) in [5, 5.41) is 13.5. The van der Waals surface area contributed by atoms with E-state index in [-0.39, 0.29) is 29.5 Å². The van der Waals surface area contributed by atoms with Gasteiger partial charge in [0.2, 0.25) is 10.0 Å². The number of sulfonamides is 1. The molecule has 0 bridgehead atoms. The highest BCUT2D eigenvalue weighted by Crippen LogP contribution is 2.19. The normalized spacial score (nSPS) is 12.8. The van der Waals surface area contributed by atoms with Gasteiger partial charge in [0.25, 0.3) is 0 Å².